The number of nitrogens with zero attached hydrogens (tertiary/aromatic N) is 1. The molecule has 15 heavy (non-hydrogen) atoms. The van der Waals surface area contributed by atoms with Crippen molar-refractivity contribution < 1.29 is 0 Å². The normalized spacial score (nSPS) is 16.1. The van der Waals surface area contributed by atoms with Crippen molar-refractivity contribution in [1.82, 2.24) is 0 Å². The molecule has 1 aliphatic rings. The van der Waals surface area contributed by atoms with Crippen LogP contribution >= 0.6 is 0 Å². The molecule has 1 saturated heterocycles. The van der Waals surface area contributed by atoms with Crippen molar-refractivity contribution in [2.75, 3.05) is 18.0 Å². The lowest BCUT2D eigenvalue weighted by atomic mass is 10.0. The van der Waals surface area contributed by atoms with E-state index in [4.69, 9.17) is 0 Å². The van der Waals surface area contributed by atoms with Gasteiger partial charge in [0.15, 0.2) is 0 Å². The average Bonchev–Trinajstić information content (AvgIpc) is 2.74. The maximum atomic E-state index is 2.55. The molecule has 0 aromatic heterocycles. The third-order valence-corrected chi connectivity index (χ3v) is 3.52. The molecule has 0 atom stereocenters. The van der Waals surface area contributed by atoms with Gasteiger partial charge >= 0.3 is 0 Å². The van der Waals surface area contributed by atoms with Crippen molar-refractivity contribution in [1.29, 1.82) is 0 Å². The molecule has 1 aliphatic heterocycles. The number of benzene rings is 1. The maximum absolute atomic E-state index is 2.55. The monoisotopic (exact) mass is 203 g/mol. The van der Waals surface area contributed by atoms with Crippen molar-refractivity contribution in [2.24, 2.45) is 0 Å². The Morgan fingerprint density at radius 1 is 1.07 bits per heavy atom. The van der Waals surface area contributed by atoms with Crippen molar-refractivity contribution in [2.45, 2.75) is 40.0 Å². The van der Waals surface area contributed by atoms with Gasteiger partial charge in [0.1, 0.15) is 0 Å². The first-order valence-electron chi connectivity index (χ1n) is 6.07. The number of rotatable bonds is 2. The topological polar surface area (TPSA) is 3.24 Å². The van der Waals surface area contributed by atoms with E-state index >= 15 is 0 Å². The predicted molar refractivity (Wildman–Crippen MR) is 66.7 cm³/mol. The zero-order chi connectivity index (χ0) is 10.8. The third kappa shape index (κ3) is 2.01. The van der Waals surface area contributed by atoms with Crippen LogP contribution in [0.2, 0.25) is 0 Å². The summed E-state index contributed by atoms with van der Waals surface area (Å²) in [7, 11) is 0. The van der Waals surface area contributed by atoms with E-state index in [1.807, 2.05) is 0 Å². The van der Waals surface area contributed by atoms with Crippen LogP contribution in [0.5, 0.6) is 0 Å². The second-order valence-corrected chi connectivity index (χ2v) is 4.61. The predicted octanol–water partition coefficient (Wildman–Crippen LogP) is 3.47. The van der Waals surface area contributed by atoms with Crippen LogP contribution in [0.1, 0.15) is 36.5 Å². The van der Waals surface area contributed by atoms with Gasteiger partial charge in [-0.1, -0.05) is 13.0 Å². The van der Waals surface area contributed by atoms with Gasteiger partial charge in [-0.25, -0.2) is 0 Å². The van der Waals surface area contributed by atoms with Crippen LogP contribution in [-0.2, 0) is 6.42 Å². The summed E-state index contributed by atoms with van der Waals surface area (Å²) >= 11 is 0. The molecule has 1 aromatic carbocycles. The summed E-state index contributed by atoms with van der Waals surface area (Å²) in [5.41, 5.74) is 5.85. The second-order valence-electron chi connectivity index (χ2n) is 4.61. The van der Waals surface area contributed by atoms with Crippen molar-refractivity contribution in [3.05, 3.63) is 28.8 Å². The van der Waals surface area contributed by atoms with E-state index in [9.17, 15) is 0 Å². The van der Waals surface area contributed by atoms with E-state index in [0.29, 0.717) is 0 Å². The molecular formula is C14H21N. The molecule has 1 heterocycles. The first kappa shape index (κ1) is 10.5. The summed E-state index contributed by atoms with van der Waals surface area (Å²) in [4.78, 5) is 2.55. The summed E-state index contributed by atoms with van der Waals surface area (Å²) < 4.78 is 0. The number of anilines is 1. The molecule has 82 valence electrons. The van der Waals surface area contributed by atoms with Crippen LogP contribution in [0.4, 0.5) is 5.69 Å². The fourth-order valence-electron chi connectivity index (χ4n) is 2.40. The second kappa shape index (κ2) is 4.26. The maximum Gasteiger partial charge on any atom is 0.0401 e. The minimum Gasteiger partial charge on any atom is -0.371 e. The van der Waals surface area contributed by atoms with E-state index in [-0.39, 0.29) is 0 Å². The molecule has 1 heteroatoms. The van der Waals surface area contributed by atoms with Gasteiger partial charge in [0.2, 0.25) is 0 Å². The highest BCUT2D eigenvalue weighted by Gasteiger charge is 2.15. The van der Waals surface area contributed by atoms with Gasteiger partial charge in [0.05, 0.1) is 0 Å². The highest BCUT2D eigenvalue weighted by atomic mass is 15.1. The van der Waals surface area contributed by atoms with Crippen LogP contribution in [-0.4, -0.2) is 13.1 Å². The molecule has 1 nitrogen and oxygen atoms in total. The van der Waals surface area contributed by atoms with Gasteiger partial charge in [-0.3, -0.25) is 0 Å². The summed E-state index contributed by atoms with van der Waals surface area (Å²) in [6.07, 6.45) is 3.86. The van der Waals surface area contributed by atoms with Gasteiger partial charge in [0.25, 0.3) is 0 Å². The van der Waals surface area contributed by atoms with Gasteiger partial charge in [-0.05, 0) is 55.9 Å². The van der Waals surface area contributed by atoms with E-state index in [1.165, 1.54) is 48.3 Å². The molecule has 0 amide bonds. The van der Waals surface area contributed by atoms with Gasteiger partial charge in [-0.2, -0.15) is 0 Å². The van der Waals surface area contributed by atoms with Crippen LogP contribution in [0.3, 0.4) is 0 Å². The minimum absolute atomic E-state index is 1.15. The molecule has 2 rings (SSSR count). The summed E-state index contributed by atoms with van der Waals surface area (Å²) in [6, 6.07) is 4.74. The fraction of sp³-hybridized carbons (Fsp3) is 0.571. The lowest BCUT2D eigenvalue weighted by Crippen LogP contribution is -2.19. The zero-order valence-electron chi connectivity index (χ0n) is 10.1. The number of aryl methyl sites for hydroxylation is 3. The molecule has 1 fully saturated rings. The zero-order valence-corrected chi connectivity index (χ0v) is 10.1. The van der Waals surface area contributed by atoms with E-state index in [0.717, 1.165) is 6.42 Å². The minimum atomic E-state index is 1.15. The standard InChI is InChI=1S/C14H21N/c1-4-13-9-11(2)12(3)10-14(13)15-7-5-6-8-15/h9-10H,4-8H2,1-3H3. The lowest BCUT2D eigenvalue weighted by molar-refractivity contribution is 0.944. The first-order chi connectivity index (χ1) is 7.22. The van der Waals surface area contributed by atoms with Crippen LogP contribution in [0, 0.1) is 13.8 Å². The summed E-state index contributed by atoms with van der Waals surface area (Å²) in [6.45, 7) is 9.17. The van der Waals surface area contributed by atoms with Gasteiger partial charge in [-0.15, -0.1) is 0 Å². The molecule has 0 aliphatic carbocycles. The van der Waals surface area contributed by atoms with Gasteiger partial charge < -0.3 is 4.90 Å². The van der Waals surface area contributed by atoms with E-state index < -0.39 is 0 Å². The molecule has 0 saturated carbocycles. The largest absolute Gasteiger partial charge is 0.371 e. The highest BCUT2D eigenvalue weighted by Crippen LogP contribution is 2.28. The van der Waals surface area contributed by atoms with Crippen LogP contribution < -0.4 is 4.90 Å². The Morgan fingerprint density at radius 3 is 2.27 bits per heavy atom. The average molecular weight is 203 g/mol. The molecule has 0 unspecified atom stereocenters. The summed E-state index contributed by atoms with van der Waals surface area (Å²) in [5, 5.41) is 0. The van der Waals surface area contributed by atoms with Gasteiger partial charge in [0, 0.05) is 18.8 Å². The van der Waals surface area contributed by atoms with E-state index in [1.54, 1.807) is 0 Å². The molecular weight excluding hydrogens is 182 g/mol. The smallest absolute Gasteiger partial charge is 0.0401 e. The molecule has 0 bridgehead atoms. The van der Waals surface area contributed by atoms with Crippen molar-refractivity contribution in [3.63, 3.8) is 0 Å². The lowest BCUT2D eigenvalue weighted by Gasteiger charge is -2.22. The molecule has 1 aromatic rings. The molecule has 0 N–H and O–H groups in total. The molecule has 0 spiro atoms. The number of hydrogen-bond donors (Lipinski definition) is 0. The van der Waals surface area contributed by atoms with Crippen molar-refractivity contribution >= 4 is 5.69 Å². The first-order valence-corrected chi connectivity index (χ1v) is 6.07. The van der Waals surface area contributed by atoms with Crippen molar-refractivity contribution in [3.8, 4) is 0 Å². The van der Waals surface area contributed by atoms with E-state index in [2.05, 4.69) is 37.8 Å². The van der Waals surface area contributed by atoms with Crippen LogP contribution in [0.15, 0.2) is 12.1 Å². The quantitative estimate of drug-likeness (QED) is 0.711. The van der Waals surface area contributed by atoms with Crippen LogP contribution in [0.25, 0.3) is 0 Å². The Labute approximate surface area is 93.1 Å². The summed E-state index contributed by atoms with van der Waals surface area (Å²) in [5.74, 6) is 0. The fourth-order valence-corrected chi connectivity index (χ4v) is 2.40. The molecule has 0 radical (unpaired) electrons. The Bertz CT molecular complexity index is 349. The highest BCUT2D eigenvalue weighted by molar-refractivity contribution is 5.58. The Kier molecular flexibility index (Phi) is 2.99. The third-order valence-electron chi connectivity index (χ3n) is 3.52. The Balaban J connectivity index is 2.39. The Morgan fingerprint density at radius 2 is 1.67 bits per heavy atom. The number of hydrogen-bond acceptors (Lipinski definition) is 1. The SMILES string of the molecule is CCc1cc(C)c(C)cc1N1CCCC1. The Hall–Kier alpha value is -0.980.